The second kappa shape index (κ2) is 19.0. The topological polar surface area (TPSA) is 205 Å². The Morgan fingerprint density at radius 1 is 0.944 bits per heavy atom. The summed E-state index contributed by atoms with van der Waals surface area (Å²) in [5.41, 5.74) is 4.76. The van der Waals surface area contributed by atoms with Crippen molar-refractivity contribution < 1.29 is 37.5 Å². The molecule has 6 heterocycles. The summed E-state index contributed by atoms with van der Waals surface area (Å²) in [4.78, 5) is 41.2. The van der Waals surface area contributed by atoms with Crippen LogP contribution in [-0.2, 0) is 19.5 Å². The van der Waals surface area contributed by atoms with Crippen molar-refractivity contribution in [1.29, 1.82) is 0 Å². The van der Waals surface area contributed by atoms with Crippen LogP contribution >= 0.6 is 0 Å². The molecule has 1 spiro atoms. The molecule has 4 N–H and O–H groups in total. The Morgan fingerprint density at radius 2 is 1.73 bits per heavy atom. The zero-order valence-electron chi connectivity index (χ0n) is 40.5. The first kappa shape index (κ1) is 47.5. The van der Waals surface area contributed by atoms with Gasteiger partial charge in [-0.05, 0) is 137 Å². The third-order valence-corrected chi connectivity index (χ3v) is 17.9. The summed E-state index contributed by atoms with van der Waals surface area (Å²) in [5.74, 6) is -0.300. The number of nitrogens with one attached hydrogen (secondary N) is 3. The van der Waals surface area contributed by atoms with Crippen molar-refractivity contribution in [2.24, 2.45) is 17.3 Å². The van der Waals surface area contributed by atoms with E-state index in [4.69, 9.17) is 19.2 Å². The highest BCUT2D eigenvalue weighted by Gasteiger charge is 2.50. The summed E-state index contributed by atoms with van der Waals surface area (Å²) in [6, 6.07) is 22.5. The Bertz CT molecular complexity index is 2920. The number of nitro benzene ring substituents is 1. The van der Waals surface area contributed by atoms with Crippen LogP contribution < -0.4 is 24.6 Å². The number of fused-ring (bicyclic) bond motifs is 3. The van der Waals surface area contributed by atoms with Gasteiger partial charge in [0.1, 0.15) is 23.1 Å². The number of hydrogen-bond donors (Lipinski definition) is 4. The third kappa shape index (κ3) is 9.56. The van der Waals surface area contributed by atoms with E-state index in [9.17, 15) is 28.4 Å². The molecule has 4 aliphatic heterocycles. The van der Waals surface area contributed by atoms with Gasteiger partial charge in [-0.1, -0.05) is 24.3 Å². The molecule has 3 aromatic carbocycles. The first-order chi connectivity index (χ1) is 34.2. The van der Waals surface area contributed by atoms with E-state index in [-0.39, 0.29) is 40.6 Å². The van der Waals surface area contributed by atoms with Gasteiger partial charge in [0.2, 0.25) is 5.88 Å². The summed E-state index contributed by atoms with van der Waals surface area (Å²) in [7, 11) is -4.62. The number of piperidine rings is 1. The molecule has 0 unspecified atom stereocenters. The van der Waals surface area contributed by atoms with E-state index in [0.717, 1.165) is 81.9 Å². The molecular weight excluding hydrogens is 925 g/mol. The number of hydrogen-bond acceptors (Lipinski definition) is 14. The summed E-state index contributed by atoms with van der Waals surface area (Å²) >= 11 is 0. The van der Waals surface area contributed by atoms with Crippen molar-refractivity contribution >= 4 is 55.4 Å². The van der Waals surface area contributed by atoms with Crippen molar-refractivity contribution in [3.8, 4) is 5.88 Å². The average molecular weight is 989 g/mol. The maximum atomic E-state index is 14.7. The van der Waals surface area contributed by atoms with Crippen LogP contribution in [0.15, 0.2) is 83.9 Å². The molecule has 17 nitrogen and oxygen atoms in total. The fourth-order valence-electron chi connectivity index (χ4n) is 12.2. The first-order valence-corrected chi connectivity index (χ1v) is 26.8. The molecule has 0 radical (unpaired) electrons. The number of aliphatic hydroxyl groups is 1. The quantitative estimate of drug-likeness (QED) is 0.0732. The van der Waals surface area contributed by atoms with Gasteiger partial charge >= 0.3 is 0 Å². The smallest absolute Gasteiger partial charge is 0.293 e. The van der Waals surface area contributed by atoms with Gasteiger partial charge < -0.3 is 39.4 Å². The lowest BCUT2D eigenvalue weighted by atomic mass is 9.59. The minimum absolute atomic E-state index is 0.00136. The second-order valence-electron chi connectivity index (χ2n) is 21.2. The van der Waals surface area contributed by atoms with Crippen molar-refractivity contribution in [3.63, 3.8) is 0 Å². The Hall–Kier alpha value is -5.79. The number of nitro groups is 1. The maximum absolute atomic E-state index is 14.7. The Morgan fingerprint density at radius 3 is 2.52 bits per heavy atom. The minimum atomic E-state index is -4.62. The van der Waals surface area contributed by atoms with Gasteiger partial charge in [0.25, 0.3) is 21.6 Å². The van der Waals surface area contributed by atoms with E-state index in [1.54, 1.807) is 6.07 Å². The van der Waals surface area contributed by atoms with E-state index in [1.807, 2.05) is 42.3 Å². The Kier molecular flexibility index (Phi) is 12.7. The molecule has 2 aromatic heterocycles. The monoisotopic (exact) mass is 988 g/mol. The fraction of sp³-hybridized carbons (Fsp3) is 0.509. The van der Waals surface area contributed by atoms with E-state index < -0.39 is 37.0 Å². The highest BCUT2D eigenvalue weighted by molar-refractivity contribution is 7.90. The molecule has 3 saturated heterocycles. The summed E-state index contributed by atoms with van der Waals surface area (Å²) in [6.45, 7) is 9.87. The lowest BCUT2D eigenvalue weighted by Gasteiger charge is -2.57. The number of carbonyl (C=O) groups is 1. The van der Waals surface area contributed by atoms with Crippen molar-refractivity contribution in [2.45, 2.75) is 100 Å². The van der Waals surface area contributed by atoms with Gasteiger partial charge in [-0.15, -0.1) is 0 Å². The van der Waals surface area contributed by atoms with Crippen LogP contribution in [0.5, 0.6) is 5.88 Å². The number of morpholine rings is 1. The number of rotatable bonds is 11. The van der Waals surface area contributed by atoms with Gasteiger partial charge in [0.15, 0.2) is 0 Å². The van der Waals surface area contributed by atoms with Gasteiger partial charge in [0.05, 0.1) is 52.5 Å². The van der Waals surface area contributed by atoms with Gasteiger partial charge in [0, 0.05) is 74.6 Å². The SMILES string of the molecule is Cc1ccccc1[C@@H]1COCCN1C1CC2(CCN(c3ccc(C(=O)NS(=O)(=O)c4ccc(NCC5CCC(C)(O)CC5)c([N+](=O)[O-])c4)c(N4C[C@H]5CCOC[C@@H]5Oc5nc6[nH]ccc6cc54)c3)CC2)C1. The van der Waals surface area contributed by atoms with Crippen LogP contribution in [-0.4, -0.2) is 116 Å². The number of carbonyl (C=O) groups excluding carboxylic acids is 1. The number of pyridine rings is 1. The normalized spacial score (nSPS) is 25.9. The lowest BCUT2D eigenvalue weighted by Crippen LogP contribution is -2.57. The largest absolute Gasteiger partial charge is 0.470 e. The highest BCUT2D eigenvalue weighted by Crippen LogP contribution is 2.53. The van der Waals surface area contributed by atoms with Gasteiger partial charge in [-0.2, -0.15) is 4.98 Å². The number of nitrogens with zero attached hydrogens (tertiary/aromatic N) is 5. The number of benzene rings is 3. The van der Waals surface area contributed by atoms with E-state index in [1.165, 1.54) is 23.3 Å². The summed E-state index contributed by atoms with van der Waals surface area (Å²) < 4.78 is 49.2. The van der Waals surface area contributed by atoms with E-state index in [2.05, 4.69) is 56.0 Å². The molecule has 11 rings (SSSR count). The van der Waals surface area contributed by atoms with Crippen molar-refractivity contribution in [3.05, 3.63) is 106 Å². The van der Waals surface area contributed by atoms with Crippen LogP contribution in [0.25, 0.3) is 11.0 Å². The average Bonchev–Trinajstić information content (AvgIpc) is 3.75. The number of amides is 1. The van der Waals surface area contributed by atoms with Crippen LogP contribution in [0.3, 0.4) is 0 Å². The molecular formula is C53H64N8O9S. The molecule has 5 fully saturated rings. The Labute approximate surface area is 414 Å². The van der Waals surface area contributed by atoms with Crippen LogP contribution in [0.4, 0.5) is 28.4 Å². The predicted molar refractivity (Wildman–Crippen MR) is 270 cm³/mol. The molecule has 2 saturated carbocycles. The molecule has 2 aliphatic carbocycles. The molecule has 18 heteroatoms. The number of aryl methyl sites for hydroxylation is 1. The number of aromatic nitrogens is 2. The van der Waals surface area contributed by atoms with Crippen molar-refractivity contribution in [1.82, 2.24) is 19.6 Å². The lowest BCUT2D eigenvalue weighted by molar-refractivity contribution is -0.384. The van der Waals surface area contributed by atoms with Crippen LogP contribution in [0, 0.1) is 34.3 Å². The molecule has 0 bridgehead atoms. The molecule has 5 aromatic rings. The third-order valence-electron chi connectivity index (χ3n) is 16.6. The second-order valence-corrected chi connectivity index (χ2v) is 22.9. The number of anilines is 4. The predicted octanol–water partition coefficient (Wildman–Crippen LogP) is 8.01. The zero-order valence-corrected chi connectivity index (χ0v) is 41.3. The number of H-pyrrole nitrogens is 1. The number of aromatic amines is 1. The number of ether oxygens (including phenoxy) is 3. The van der Waals surface area contributed by atoms with E-state index >= 15 is 0 Å². The van der Waals surface area contributed by atoms with E-state index in [0.29, 0.717) is 81.1 Å². The molecule has 6 aliphatic rings. The number of sulfonamides is 1. The molecule has 1 amide bonds. The molecule has 3 atom stereocenters. The van der Waals surface area contributed by atoms with Crippen LogP contribution in [0.1, 0.15) is 92.2 Å². The zero-order chi connectivity index (χ0) is 49.1. The Balaban J connectivity index is 0.869. The first-order valence-electron chi connectivity index (χ1n) is 25.3. The minimum Gasteiger partial charge on any atom is -0.470 e. The standard InChI is InChI=1S/C53H64N8O9S/c1-34-5-3-4-6-41(34)47-32-69-24-22-59(47)39-28-53(29-39)17-20-58(21-18-53)38-7-9-42(44(26-38)60-31-37-14-23-68-33-48(37)70-51-46(60)25-36-13-19-54-49(36)56-51)50(62)57-71(66,67)40-8-10-43(45(27-40)61(64)65)55-30-35-11-15-52(2,63)16-12-35/h3-10,13,19,25-27,35,37,39,47-48,55,63H,11-12,14-18,20-24,28-33H2,1-2H3,(H,54,56)(H,57,62)/t35?,37-,47+,48+,52?/m1/s1. The molecule has 376 valence electrons. The summed E-state index contributed by atoms with van der Waals surface area (Å²) in [6.07, 6.45) is 9.37. The van der Waals surface area contributed by atoms with Gasteiger partial charge in [-0.25, -0.2) is 13.1 Å². The maximum Gasteiger partial charge on any atom is 0.293 e. The van der Waals surface area contributed by atoms with Crippen LogP contribution in [0.2, 0.25) is 0 Å². The van der Waals surface area contributed by atoms with Crippen molar-refractivity contribution in [2.75, 3.05) is 74.3 Å². The summed E-state index contributed by atoms with van der Waals surface area (Å²) in [5, 5.41) is 26.7. The highest BCUT2D eigenvalue weighted by atomic mass is 32.2. The fourth-order valence-corrected chi connectivity index (χ4v) is 13.2. The molecule has 71 heavy (non-hydrogen) atoms. The van der Waals surface area contributed by atoms with Gasteiger partial charge in [-0.3, -0.25) is 19.8 Å².